The van der Waals surface area contributed by atoms with E-state index in [2.05, 4.69) is 27.5 Å². The number of anilines is 1. The summed E-state index contributed by atoms with van der Waals surface area (Å²) in [5.74, 6) is 6.96. The summed E-state index contributed by atoms with van der Waals surface area (Å²) in [5.41, 5.74) is 2.55. The highest BCUT2D eigenvalue weighted by atomic mass is 33.1. The van der Waals surface area contributed by atoms with E-state index in [1.807, 2.05) is 94.4 Å². The van der Waals surface area contributed by atoms with Gasteiger partial charge >= 0.3 is 0 Å². The largest absolute Gasteiger partial charge is 0.375 e. The topological polar surface area (TPSA) is 110 Å². The first kappa shape index (κ1) is 39.0. The normalized spacial score (nSPS) is 12.4. The first-order valence-electron chi connectivity index (χ1n) is 17.0. The molecule has 2 N–H and O–H groups in total. The molecule has 3 amide bonds. The summed E-state index contributed by atoms with van der Waals surface area (Å²) < 4.78 is 12.2. The van der Waals surface area contributed by atoms with E-state index in [0.29, 0.717) is 51.3 Å². The summed E-state index contributed by atoms with van der Waals surface area (Å²) in [6.07, 6.45) is 3.86. The number of aromatic nitrogens is 1. The summed E-state index contributed by atoms with van der Waals surface area (Å²) in [6, 6.07) is 21.3. The first-order chi connectivity index (χ1) is 24.0. The highest BCUT2D eigenvalue weighted by Gasteiger charge is 2.24. The predicted octanol–water partition coefficient (Wildman–Crippen LogP) is 6.54. The van der Waals surface area contributed by atoms with Gasteiger partial charge in [-0.25, -0.2) is 4.98 Å². The molecule has 1 aliphatic rings. The van der Waals surface area contributed by atoms with E-state index in [-0.39, 0.29) is 37.1 Å². The van der Waals surface area contributed by atoms with Crippen LogP contribution in [-0.4, -0.2) is 66.0 Å². The van der Waals surface area contributed by atoms with Gasteiger partial charge in [-0.1, -0.05) is 59.0 Å². The molecule has 0 unspecified atom stereocenters. The molecule has 50 heavy (non-hydrogen) atoms. The van der Waals surface area contributed by atoms with Crippen molar-refractivity contribution >= 4 is 45.0 Å². The van der Waals surface area contributed by atoms with Crippen molar-refractivity contribution < 1.29 is 23.9 Å². The number of benzene rings is 2. The zero-order valence-electron chi connectivity index (χ0n) is 29.5. The van der Waals surface area contributed by atoms with Crippen molar-refractivity contribution in [3.05, 3.63) is 89.6 Å². The van der Waals surface area contributed by atoms with Crippen LogP contribution in [0.4, 0.5) is 5.69 Å². The number of rotatable bonds is 19. The number of fused-ring (bicyclic) bond motifs is 2. The molecule has 2 aromatic carbocycles. The van der Waals surface area contributed by atoms with Gasteiger partial charge in [0, 0.05) is 55.4 Å². The van der Waals surface area contributed by atoms with Crippen LogP contribution in [0.25, 0.3) is 0 Å². The van der Waals surface area contributed by atoms with Crippen LogP contribution >= 0.6 is 21.6 Å². The lowest BCUT2D eigenvalue weighted by molar-refractivity contribution is -0.123. The quantitative estimate of drug-likeness (QED) is 0.0818. The zero-order chi connectivity index (χ0) is 35.8. The van der Waals surface area contributed by atoms with Crippen LogP contribution in [0, 0.1) is 11.8 Å². The summed E-state index contributed by atoms with van der Waals surface area (Å²) in [6.45, 7) is 9.95. The Hall–Kier alpha value is -3.82. The van der Waals surface area contributed by atoms with Crippen LogP contribution < -0.4 is 15.5 Å². The summed E-state index contributed by atoms with van der Waals surface area (Å²) >= 11 is 0. The molecule has 3 aromatic rings. The van der Waals surface area contributed by atoms with Gasteiger partial charge in [0.05, 0.1) is 36.6 Å². The van der Waals surface area contributed by atoms with E-state index < -0.39 is 11.2 Å². The van der Waals surface area contributed by atoms with Gasteiger partial charge in [-0.3, -0.25) is 14.4 Å². The van der Waals surface area contributed by atoms with Crippen molar-refractivity contribution in [2.75, 3.05) is 37.0 Å². The number of pyridine rings is 1. The lowest BCUT2D eigenvalue weighted by Crippen LogP contribution is -2.36. The lowest BCUT2D eigenvalue weighted by atomic mass is 10.0. The molecule has 0 atom stereocenters. The van der Waals surface area contributed by atoms with Crippen molar-refractivity contribution in [2.45, 2.75) is 82.6 Å². The van der Waals surface area contributed by atoms with Crippen molar-refractivity contribution in [1.82, 2.24) is 15.6 Å². The SMILES string of the molecule is CC(C)(CCOC(C)(C)CCC(=O)NCCC(=O)N1Cc2ccccc2C#Cc2ccccc21)OCCNC(=O)CCSSc1ccccn1. The third kappa shape index (κ3) is 13.5. The molecule has 0 radical (unpaired) electrons. The molecule has 1 aromatic heterocycles. The Kier molecular flexibility index (Phi) is 15.2. The molecule has 9 nitrogen and oxygen atoms in total. The minimum absolute atomic E-state index is 0.00118. The number of hydrogen-bond acceptors (Lipinski definition) is 8. The predicted molar refractivity (Wildman–Crippen MR) is 202 cm³/mol. The Morgan fingerprint density at radius 2 is 1.44 bits per heavy atom. The average molecular weight is 717 g/mol. The van der Waals surface area contributed by atoms with Gasteiger partial charge in [0.1, 0.15) is 5.03 Å². The van der Waals surface area contributed by atoms with Gasteiger partial charge < -0.3 is 25.0 Å². The molecule has 1 aliphatic heterocycles. The fraction of sp³-hybridized carbons (Fsp3) is 0.436. The number of ether oxygens (including phenoxy) is 2. The van der Waals surface area contributed by atoms with Crippen molar-refractivity contribution in [2.24, 2.45) is 0 Å². The molecule has 4 rings (SSSR count). The Balaban J connectivity index is 1.08. The molecule has 0 spiro atoms. The van der Waals surface area contributed by atoms with Crippen LogP contribution in [0.15, 0.2) is 78.0 Å². The maximum absolute atomic E-state index is 13.4. The lowest BCUT2D eigenvalue weighted by Gasteiger charge is -2.30. The van der Waals surface area contributed by atoms with E-state index >= 15 is 0 Å². The number of nitrogens with one attached hydrogen (secondary N) is 2. The Bertz CT molecular complexity index is 1640. The second-order valence-corrected chi connectivity index (χ2v) is 15.6. The summed E-state index contributed by atoms with van der Waals surface area (Å²) in [7, 11) is 3.18. The minimum Gasteiger partial charge on any atom is -0.375 e. The maximum Gasteiger partial charge on any atom is 0.229 e. The molecular formula is C39H48N4O5S2. The maximum atomic E-state index is 13.4. The molecule has 266 valence electrons. The first-order valence-corrected chi connectivity index (χ1v) is 19.3. The Morgan fingerprint density at radius 1 is 0.780 bits per heavy atom. The average Bonchev–Trinajstić information content (AvgIpc) is 3.09. The monoisotopic (exact) mass is 716 g/mol. The summed E-state index contributed by atoms with van der Waals surface area (Å²) in [5, 5.41) is 6.76. The Labute approximate surface area is 304 Å². The van der Waals surface area contributed by atoms with Crippen LogP contribution in [-0.2, 0) is 30.4 Å². The summed E-state index contributed by atoms with van der Waals surface area (Å²) in [4.78, 5) is 44.3. The number of carbonyl (C=O) groups excluding carboxylic acids is 3. The van der Waals surface area contributed by atoms with Gasteiger partial charge in [0.25, 0.3) is 0 Å². The van der Waals surface area contributed by atoms with E-state index in [4.69, 9.17) is 9.47 Å². The molecule has 2 heterocycles. The smallest absolute Gasteiger partial charge is 0.229 e. The number of hydrogen-bond donors (Lipinski definition) is 2. The number of amides is 3. The Morgan fingerprint density at radius 3 is 2.24 bits per heavy atom. The zero-order valence-corrected chi connectivity index (χ0v) is 31.1. The van der Waals surface area contributed by atoms with Crippen molar-refractivity contribution in [3.8, 4) is 11.8 Å². The molecule has 0 aliphatic carbocycles. The van der Waals surface area contributed by atoms with Crippen LogP contribution in [0.5, 0.6) is 0 Å². The van der Waals surface area contributed by atoms with Gasteiger partial charge in [-0.2, -0.15) is 0 Å². The molecule has 0 saturated carbocycles. The van der Waals surface area contributed by atoms with E-state index in [9.17, 15) is 14.4 Å². The number of nitrogens with zero attached hydrogens (tertiary/aromatic N) is 2. The van der Waals surface area contributed by atoms with E-state index in [0.717, 1.165) is 27.4 Å². The molecular weight excluding hydrogens is 669 g/mol. The fourth-order valence-corrected chi connectivity index (χ4v) is 6.98. The van der Waals surface area contributed by atoms with Gasteiger partial charge in [-0.15, -0.1) is 0 Å². The fourth-order valence-electron chi connectivity index (χ4n) is 5.11. The third-order valence-electron chi connectivity index (χ3n) is 8.10. The standard InChI is InChI=1S/C39H48N4O5S2/c1-38(2,47-26-22-39(3,4)48-27-25-41-35(45)20-28-49-50-36-15-9-10-23-42-36)21-18-34(44)40-24-19-37(46)43-29-32-13-6-5-11-30(32)16-17-31-12-7-8-14-33(31)43/h5-15,23H,18-22,24-29H2,1-4H3,(H,40,44)(H,41,45). The third-order valence-corrected chi connectivity index (χ3v) is 10.4. The van der Waals surface area contributed by atoms with Gasteiger partial charge in [-0.05, 0) is 87.2 Å². The number of para-hydroxylation sites is 1. The van der Waals surface area contributed by atoms with E-state index in [1.165, 1.54) is 0 Å². The molecule has 0 bridgehead atoms. The minimum atomic E-state index is -0.507. The number of carbonyl (C=O) groups is 3. The molecule has 0 fully saturated rings. The van der Waals surface area contributed by atoms with Gasteiger partial charge in [0.15, 0.2) is 0 Å². The van der Waals surface area contributed by atoms with Crippen molar-refractivity contribution in [1.29, 1.82) is 0 Å². The van der Waals surface area contributed by atoms with E-state index in [1.54, 1.807) is 32.7 Å². The van der Waals surface area contributed by atoms with Crippen LogP contribution in [0.3, 0.4) is 0 Å². The highest BCUT2D eigenvalue weighted by molar-refractivity contribution is 8.76. The second-order valence-electron chi connectivity index (χ2n) is 13.1. The molecule has 0 saturated heterocycles. The highest BCUT2D eigenvalue weighted by Crippen LogP contribution is 2.29. The van der Waals surface area contributed by atoms with Crippen molar-refractivity contribution in [3.63, 3.8) is 0 Å². The van der Waals surface area contributed by atoms with Crippen LogP contribution in [0.2, 0.25) is 0 Å². The second kappa shape index (κ2) is 19.5. The molecule has 11 heteroatoms. The van der Waals surface area contributed by atoms with Gasteiger partial charge in [0.2, 0.25) is 17.7 Å². The van der Waals surface area contributed by atoms with Crippen LogP contribution in [0.1, 0.15) is 76.5 Å².